The van der Waals surface area contributed by atoms with E-state index < -0.39 is 5.54 Å². The zero-order valence-corrected chi connectivity index (χ0v) is 22.2. The molecule has 1 aliphatic rings. The first-order chi connectivity index (χ1) is 18.4. The maximum absolute atomic E-state index is 14.0. The number of methoxy groups -OCH3 is 1. The average molecular weight is 546 g/mol. The maximum atomic E-state index is 14.0. The molecule has 0 fully saturated rings. The Hall–Kier alpha value is -3.58. The predicted molar refractivity (Wildman–Crippen MR) is 151 cm³/mol. The topological polar surface area (TPSA) is 87.2 Å². The Labute approximate surface area is 229 Å². The van der Waals surface area contributed by atoms with Crippen molar-refractivity contribution in [2.75, 3.05) is 13.7 Å². The normalized spacial score (nSPS) is 16.9. The Morgan fingerprint density at radius 3 is 2.66 bits per heavy atom. The number of benzene rings is 3. The van der Waals surface area contributed by atoms with Crippen LogP contribution in [0, 0.1) is 0 Å². The minimum absolute atomic E-state index is 0.221. The van der Waals surface area contributed by atoms with Crippen LogP contribution in [0.25, 0.3) is 33.1 Å². The standard InChI is InChI=1S/C30H25Cl2N3O3/c1-38-18-7-10-24-19(13-18)20(14-26(33-24)17-5-3-2-4-6-17)29(37)35-30(16-36)12-11-25-21(15-30)27-22(31)8-9-23(32)28(27)34-25/h2-10,13-14,34,36H,11-12,15-16H2,1H3,(H,35,37). The number of halogens is 2. The molecule has 1 atom stereocenters. The summed E-state index contributed by atoms with van der Waals surface area (Å²) in [7, 11) is 1.59. The second-order valence-corrected chi connectivity index (χ2v) is 10.5. The third kappa shape index (κ3) is 4.19. The van der Waals surface area contributed by atoms with E-state index in [0.29, 0.717) is 57.2 Å². The number of amides is 1. The first kappa shape index (κ1) is 24.7. The Morgan fingerprint density at radius 2 is 1.89 bits per heavy atom. The minimum atomic E-state index is -0.869. The van der Waals surface area contributed by atoms with Crippen molar-refractivity contribution in [3.05, 3.63) is 93.6 Å². The van der Waals surface area contributed by atoms with Crippen molar-refractivity contribution in [3.8, 4) is 17.0 Å². The summed E-state index contributed by atoms with van der Waals surface area (Å²) in [6.07, 6.45) is 1.61. The fourth-order valence-electron chi connectivity index (χ4n) is 5.41. The summed E-state index contributed by atoms with van der Waals surface area (Å²) in [4.78, 5) is 22.2. The fraction of sp³-hybridized carbons (Fsp3) is 0.200. The van der Waals surface area contributed by atoms with Gasteiger partial charge in [0.05, 0.1) is 51.6 Å². The van der Waals surface area contributed by atoms with Gasteiger partial charge in [-0.05, 0) is 54.8 Å². The summed E-state index contributed by atoms with van der Waals surface area (Å²) in [5, 5.41) is 16.5. The van der Waals surface area contributed by atoms with Gasteiger partial charge in [-0.3, -0.25) is 4.79 Å². The van der Waals surface area contributed by atoms with E-state index >= 15 is 0 Å². The molecule has 0 radical (unpaired) electrons. The number of aromatic nitrogens is 2. The van der Waals surface area contributed by atoms with Crippen LogP contribution in [0.2, 0.25) is 10.0 Å². The van der Waals surface area contributed by atoms with E-state index in [4.69, 9.17) is 32.9 Å². The van der Waals surface area contributed by atoms with Gasteiger partial charge in [-0.25, -0.2) is 4.98 Å². The molecule has 0 saturated heterocycles. The number of carbonyl (C=O) groups excluding carboxylic acids is 1. The van der Waals surface area contributed by atoms with Gasteiger partial charge in [-0.2, -0.15) is 0 Å². The van der Waals surface area contributed by atoms with Crippen LogP contribution < -0.4 is 10.1 Å². The lowest BCUT2D eigenvalue weighted by Gasteiger charge is -2.36. The number of rotatable bonds is 5. The van der Waals surface area contributed by atoms with Crippen LogP contribution in [-0.4, -0.2) is 40.2 Å². The number of fused-ring (bicyclic) bond motifs is 4. The maximum Gasteiger partial charge on any atom is 0.252 e. The van der Waals surface area contributed by atoms with Crippen molar-refractivity contribution in [3.63, 3.8) is 0 Å². The minimum Gasteiger partial charge on any atom is -0.497 e. The van der Waals surface area contributed by atoms with Crippen molar-refractivity contribution in [2.45, 2.75) is 24.8 Å². The highest BCUT2D eigenvalue weighted by atomic mass is 35.5. The second kappa shape index (κ2) is 9.62. The van der Waals surface area contributed by atoms with Crippen LogP contribution in [0.3, 0.4) is 0 Å². The molecule has 3 N–H and O–H groups in total. The van der Waals surface area contributed by atoms with E-state index in [1.165, 1.54) is 0 Å². The van der Waals surface area contributed by atoms with E-state index in [0.717, 1.165) is 27.7 Å². The van der Waals surface area contributed by atoms with E-state index in [-0.39, 0.29) is 12.5 Å². The van der Waals surface area contributed by atoms with Crippen LogP contribution in [0.4, 0.5) is 0 Å². The number of aryl methyl sites for hydroxylation is 1. The molecule has 1 aliphatic carbocycles. The van der Waals surface area contributed by atoms with Crippen molar-refractivity contribution < 1.29 is 14.6 Å². The van der Waals surface area contributed by atoms with Crippen LogP contribution in [-0.2, 0) is 12.8 Å². The Bertz CT molecular complexity index is 1700. The molecule has 1 unspecified atom stereocenters. The Morgan fingerprint density at radius 1 is 1.11 bits per heavy atom. The van der Waals surface area contributed by atoms with Crippen LogP contribution in [0.1, 0.15) is 28.0 Å². The monoisotopic (exact) mass is 545 g/mol. The SMILES string of the molecule is COc1ccc2nc(-c3ccccc3)cc(C(=O)NC3(CO)CCc4[nH]c5c(Cl)ccc(Cl)c5c4C3)c2c1. The number of pyridine rings is 1. The van der Waals surface area contributed by atoms with E-state index in [9.17, 15) is 9.90 Å². The second-order valence-electron chi connectivity index (χ2n) is 9.73. The number of hydrogen-bond donors (Lipinski definition) is 3. The highest BCUT2D eigenvalue weighted by molar-refractivity contribution is 6.40. The zero-order valence-electron chi connectivity index (χ0n) is 20.6. The quantitative estimate of drug-likeness (QED) is 0.240. The number of nitrogens with one attached hydrogen (secondary N) is 2. The third-order valence-corrected chi connectivity index (χ3v) is 8.06. The van der Waals surface area contributed by atoms with Crippen molar-refractivity contribution in [2.24, 2.45) is 0 Å². The first-order valence-corrected chi connectivity index (χ1v) is 13.1. The molecule has 2 aromatic heterocycles. The largest absolute Gasteiger partial charge is 0.497 e. The summed E-state index contributed by atoms with van der Waals surface area (Å²) < 4.78 is 5.43. The molecule has 192 valence electrons. The molecule has 0 saturated carbocycles. The van der Waals surface area contributed by atoms with Gasteiger partial charge >= 0.3 is 0 Å². The van der Waals surface area contributed by atoms with Crippen LogP contribution >= 0.6 is 23.2 Å². The average Bonchev–Trinajstić information content (AvgIpc) is 3.34. The van der Waals surface area contributed by atoms with Crippen molar-refractivity contribution >= 4 is 50.9 Å². The summed E-state index contributed by atoms with van der Waals surface area (Å²) in [5.74, 6) is 0.342. The highest BCUT2D eigenvalue weighted by Gasteiger charge is 2.38. The lowest BCUT2D eigenvalue weighted by molar-refractivity contribution is 0.0810. The Kier molecular flexibility index (Phi) is 6.26. The van der Waals surface area contributed by atoms with E-state index in [2.05, 4.69) is 10.3 Å². The molecule has 6 nitrogen and oxygen atoms in total. The van der Waals surface area contributed by atoms with Crippen LogP contribution in [0.5, 0.6) is 5.75 Å². The number of aliphatic hydroxyl groups is 1. The molecular weight excluding hydrogens is 521 g/mol. The number of carbonyl (C=O) groups is 1. The van der Waals surface area contributed by atoms with E-state index in [1.54, 1.807) is 25.3 Å². The lowest BCUT2D eigenvalue weighted by atomic mass is 9.80. The zero-order chi connectivity index (χ0) is 26.4. The van der Waals surface area contributed by atoms with Crippen LogP contribution in [0.15, 0.2) is 66.7 Å². The lowest BCUT2D eigenvalue weighted by Crippen LogP contribution is -2.54. The molecule has 2 heterocycles. The van der Waals surface area contributed by atoms with Gasteiger partial charge in [0.1, 0.15) is 5.75 Å². The molecule has 5 aromatic rings. The first-order valence-electron chi connectivity index (χ1n) is 12.4. The van der Waals surface area contributed by atoms with Gasteiger partial charge in [0.15, 0.2) is 0 Å². The predicted octanol–water partition coefficient (Wildman–Crippen LogP) is 6.35. The molecule has 6 rings (SSSR count). The smallest absolute Gasteiger partial charge is 0.252 e. The van der Waals surface area contributed by atoms with Gasteiger partial charge < -0.3 is 20.1 Å². The van der Waals surface area contributed by atoms with E-state index in [1.807, 2.05) is 48.5 Å². The van der Waals surface area contributed by atoms with Crippen molar-refractivity contribution in [1.82, 2.24) is 15.3 Å². The number of hydrogen-bond acceptors (Lipinski definition) is 4. The van der Waals surface area contributed by atoms with Crippen molar-refractivity contribution in [1.29, 1.82) is 0 Å². The molecule has 38 heavy (non-hydrogen) atoms. The van der Waals surface area contributed by atoms with Gasteiger partial charge in [-0.15, -0.1) is 0 Å². The molecule has 0 aliphatic heterocycles. The number of nitrogens with zero attached hydrogens (tertiary/aromatic N) is 1. The van der Waals surface area contributed by atoms with Gasteiger partial charge in [0, 0.05) is 28.5 Å². The molecule has 3 aromatic carbocycles. The fourth-order valence-corrected chi connectivity index (χ4v) is 5.89. The molecular formula is C30H25Cl2N3O3. The Balaban J connectivity index is 1.42. The number of aromatic amines is 1. The van der Waals surface area contributed by atoms with Gasteiger partial charge in [-0.1, -0.05) is 53.5 Å². The van der Waals surface area contributed by atoms with Gasteiger partial charge in [0.25, 0.3) is 5.91 Å². The summed E-state index contributed by atoms with van der Waals surface area (Å²) in [5.41, 5.74) is 4.65. The molecule has 8 heteroatoms. The third-order valence-electron chi connectivity index (χ3n) is 7.43. The summed E-state index contributed by atoms with van der Waals surface area (Å²) >= 11 is 13.0. The highest BCUT2D eigenvalue weighted by Crippen LogP contribution is 2.40. The summed E-state index contributed by atoms with van der Waals surface area (Å²) in [6.45, 7) is -0.221. The summed E-state index contributed by atoms with van der Waals surface area (Å²) in [6, 6.07) is 20.6. The number of ether oxygens (including phenoxy) is 1. The molecule has 0 bridgehead atoms. The molecule has 1 amide bonds. The number of aliphatic hydroxyl groups excluding tert-OH is 1. The number of H-pyrrole nitrogens is 1. The van der Waals surface area contributed by atoms with Gasteiger partial charge in [0.2, 0.25) is 0 Å². The molecule has 0 spiro atoms.